The standard InChI is InChI=1S/C23H31N3O2/c1-3-9-20(19-10-5-4-6-11-19)24-23(28)18(2)25-14-16-26(17-15-25)21-12-7-8-13-22(21)27/h4-8,10-13,18,20,27H,3,9,14-17H2,1-2H3,(H,24,28)/p+1/t18-,20-/m0/s1. The molecule has 1 aliphatic rings. The second-order valence-electron chi connectivity index (χ2n) is 7.62. The molecular formula is C23H32N3O2+. The van der Waals surface area contributed by atoms with E-state index in [1.54, 1.807) is 6.07 Å². The minimum Gasteiger partial charge on any atom is -0.506 e. The summed E-state index contributed by atoms with van der Waals surface area (Å²) in [5.74, 6) is 0.440. The predicted molar refractivity (Wildman–Crippen MR) is 113 cm³/mol. The molecule has 0 bridgehead atoms. The smallest absolute Gasteiger partial charge is 0.278 e. The summed E-state index contributed by atoms with van der Waals surface area (Å²) in [5.41, 5.74) is 2.05. The van der Waals surface area contributed by atoms with E-state index in [1.165, 1.54) is 10.5 Å². The van der Waals surface area contributed by atoms with E-state index in [0.29, 0.717) is 5.75 Å². The number of carbonyl (C=O) groups is 1. The van der Waals surface area contributed by atoms with Crippen LogP contribution in [0.2, 0.25) is 0 Å². The van der Waals surface area contributed by atoms with Crippen LogP contribution >= 0.6 is 0 Å². The summed E-state index contributed by atoms with van der Waals surface area (Å²) in [7, 11) is 0. The van der Waals surface area contributed by atoms with E-state index < -0.39 is 0 Å². The van der Waals surface area contributed by atoms with E-state index in [9.17, 15) is 9.90 Å². The number of phenolic OH excluding ortho intramolecular Hbond substituents is 1. The third-order valence-corrected chi connectivity index (χ3v) is 5.73. The lowest BCUT2D eigenvalue weighted by molar-refractivity contribution is -0.914. The Balaban J connectivity index is 1.57. The fourth-order valence-corrected chi connectivity index (χ4v) is 3.98. The summed E-state index contributed by atoms with van der Waals surface area (Å²) in [6.07, 6.45) is 1.97. The van der Waals surface area contributed by atoms with Crippen LogP contribution in [0, 0.1) is 0 Å². The SMILES string of the molecule is CCC[C@H](NC(=O)[C@H](C)[NH+]1CCN(c2ccccc2O)CC1)c1ccccc1. The van der Waals surface area contributed by atoms with Crippen molar-refractivity contribution in [2.24, 2.45) is 0 Å². The average molecular weight is 383 g/mol. The minimum absolute atomic E-state index is 0.0723. The van der Waals surface area contributed by atoms with Gasteiger partial charge in [0.15, 0.2) is 6.04 Å². The van der Waals surface area contributed by atoms with Gasteiger partial charge in [0, 0.05) is 0 Å². The molecule has 1 heterocycles. The van der Waals surface area contributed by atoms with Gasteiger partial charge in [-0.25, -0.2) is 0 Å². The number of para-hydroxylation sites is 2. The first-order chi connectivity index (χ1) is 13.6. The third-order valence-electron chi connectivity index (χ3n) is 5.73. The molecular weight excluding hydrogens is 350 g/mol. The van der Waals surface area contributed by atoms with E-state index in [2.05, 4.69) is 29.3 Å². The van der Waals surface area contributed by atoms with Gasteiger partial charge in [-0.3, -0.25) is 4.79 Å². The molecule has 0 unspecified atom stereocenters. The number of phenols is 1. The van der Waals surface area contributed by atoms with Crippen molar-refractivity contribution in [1.82, 2.24) is 5.32 Å². The molecule has 0 spiro atoms. The van der Waals surface area contributed by atoms with Crippen LogP contribution in [-0.4, -0.2) is 43.2 Å². The Kier molecular flexibility index (Phi) is 6.93. The Morgan fingerprint density at radius 2 is 1.75 bits per heavy atom. The van der Waals surface area contributed by atoms with Crippen molar-refractivity contribution in [2.75, 3.05) is 31.1 Å². The second-order valence-corrected chi connectivity index (χ2v) is 7.62. The van der Waals surface area contributed by atoms with Crippen LogP contribution in [0.1, 0.15) is 38.3 Å². The molecule has 0 saturated carbocycles. The maximum atomic E-state index is 12.9. The van der Waals surface area contributed by atoms with Crippen LogP contribution in [0.15, 0.2) is 54.6 Å². The summed E-state index contributed by atoms with van der Waals surface area (Å²) in [5, 5.41) is 13.3. The predicted octanol–water partition coefficient (Wildman–Crippen LogP) is 2.14. The molecule has 2 aromatic carbocycles. The molecule has 2 aromatic rings. The van der Waals surface area contributed by atoms with Gasteiger partial charge in [-0.15, -0.1) is 0 Å². The quantitative estimate of drug-likeness (QED) is 0.688. The fraction of sp³-hybridized carbons (Fsp3) is 0.435. The highest BCUT2D eigenvalue weighted by atomic mass is 16.3. The molecule has 1 saturated heterocycles. The first-order valence-electron chi connectivity index (χ1n) is 10.3. The zero-order valence-corrected chi connectivity index (χ0v) is 16.9. The number of piperazine rings is 1. The van der Waals surface area contributed by atoms with E-state index in [4.69, 9.17) is 0 Å². The van der Waals surface area contributed by atoms with E-state index in [-0.39, 0.29) is 18.0 Å². The van der Waals surface area contributed by atoms with Gasteiger partial charge in [-0.05, 0) is 31.0 Å². The van der Waals surface area contributed by atoms with E-state index in [0.717, 1.165) is 44.7 Å². The highest BCUT2D eigenvalue weighted by molar-refractivity contribution is 5.80. The van der Waals surface area contributed by atoms with E-state index >= 15 is 0 Å². The number of benzene rings is 2. The fourth-order valence-electron chi connectivity index (χ4n) is 3.98. The number of aromatic hydroxyl groups is 1. The zero-order chi connectivity index (χ0) is 19.9. The van der Waals surface area contributed by atoms with Crippen molar-refractivity contribution in [1.29, 1.82) is 0 Å². The summed E-state index contributed by atoms with van der Waals surface area (Å²) < 4.78 is 0. The number of carbonyl (C=O) groups excluding carboxylic acids is 1. The Morgan fingerprint density at radius 1 is 1.11 bits per heavy atom. The van der Waals surface area contributed by atoms with Gasteiger partial charge in [0.1, 0.15) is 5.75 Å². The zero-order valence-electron chi connectivity index (χ0n) is 16.9. The number of nitrogens with zero attached hydrogens (tertiary/aromatic N) is 1. The molecule has 0 aliphatic carbocycles. The topological polar surface area (TPSA) is 57.0 Å². The van der Waals surface area contributed by atoms with Gasteiger partial charge in [0.25, 0.3) is 5.91 Å². The highest BCUT2D eigenvalue weighted by Gasteiger charge is 2.31. The van der Waals surface area contributed by atoms with Crippen molar-refractivity contribution in [2.45, 2.75) is 38.8 Å². The maximum absolute atomic E-state index is 12.9. The Labute approximate surface area is 168 Å². The van der Waals surface area contributed by atoms with Gasteiger partial charge in [0.2, 0.25) is 0 Å². The lowest BCUT2D eigenvalue weighted by Crippen LogP contribution is -3.19. The minimum atomic E-state index is -0.0883. The van der Waals surface area contributed by atoms with Gasteiger partial charge in [-0.2, -0.15) is 0 Å². The Bertz CT molecular complexity index is 757. The first kappa shape index (κ1) is 20.2. The van der Waals surface area contributed by atoms with Gasteiger partial charge in [0.05, 0.1) is 37.9 Å². The monoisotopic (exact) mass is 382 g/mol. The lowest BCUT2D eigenvalue weighted by Gasteiger charge is -2.36. The number of quaternary nitrogens is 1. The van der Waals surface area contributed by atoms with Gasteiger partial charge < -0.3 is 20.2 Å². The Morgan fingerprint density at radius 3 is 2.39 bits per heavy atom. The van der Waals surface area contributed by atoms with Crippen LogP contribution in [0.25, 0.3) is 0 Å². The molecule has 150 valence electrons. The molecule has 2 atom stereocenters. The van der Waals surface area contributed by atoms with Gasteiger partial charge >= 0.3 is 0 Å². The van der Waals surface area contributed by atoms with Crippen molar-refractivity contribution >= 4 is 11.6 Å². The summed E-state index contributed by atoms with van der Waals surface area (Å²) in [4.78, 5) is 16.4. The number of hydrogen-bond donors (Lipinski definition) is 3. The largest absolute Gasteiger partial charge is 0.506 e. The summed E-state index contributed by atoms with van der Waals surface area (Å²) in [6, 6.07) is 17.7. The molecule has 28 heavy (non-hydrogen) atoms. The third kappa shape index (κ3) is 4.84. The Hall–Kier alpha value is -2.53. The molecule has 5 nitrogen and oxygen atoms in total. The van der Waals surface area contributed by atoms with Crippen LogP contribution in [0.4, 0.5) is 5.69 Å². The molecule has 1 amide bonds. The molecule has 5 heteroatoms. The molecule has 3 N–H and O–H groups in total. The summed E-state index contributed by atoms with van der Waals surface area (Å²) in [6.45, 7) is 7.60. The van der Waals surface area contributed by atoms with Gasteiger partial charge in [-0.1, -0.05) is 55.8 Å². The van der Waals surface area contributed by atoms with E-state index in [1.807, 2.05) is 43.3 Å². The summed E-state index contributed by atoms with van der Waals surface area (Å²) >= 11 is 0. The second kappa shape index (κ2) is 9.60. The van der Waals surface area contributed by atoms with Crippen molar-refractivity contribution < 1.29 is 14.8 Å². The van der Waals surface area contributed by atoms with Crippen molar-refractivity contribution in [3.63, 3.8) is 0 Å². The van der Waals surface area contributed by atoms with Crippen molar-refractivity contribution in [3.8, 4) is 5.75 Å². The molecule has 3 rings (SSSR count). The van der Waals surface area contributed by atoms with Crippen LogP contribution in [0.3, 0.4) is 0 Å². The first-order valence-corrected chi connectivity index (χ1v) is 10.3. The highest BCUT2D eigenvalue weighted by Crippen LogP contribution is 2.26. The maximum Gasteiger partial charge on any atom is 0.278 e. The number of nitrogens with one attached hydrogen (secondary N) is 2. The molecule has 1 aliphatic heterocycles. The van der Waals surface area contributed by atoms with Crippen molar-refractivity contribution in [3.05, 3.63) is 60.2 Å². The molecule has 0 radical (unpaired) electrons. The number of amides is 1. The number of anilines is 1. The molecule has 1 fully saturated rings. The van der Waals surface area contributed by atoms with Crippen LogP contribution < -0.4 is 15.1 Å². The molecule has 0 aromatic heterocycles. The van der Waals surface area contributed by atoms with Crippen LogP contribution in [-0.2, 0) is 4.79 Å². The lowest BCUT2D eigenvalue weighted by atomic mass is 10.0. The normalized spacial score (nSPS) is 17.1. The number of hydrogen-bond acceptors (Lipinski definition) is 3. The average Bonchev–Trinajstić information content (AvgIpc) is 2.74. The number of rotatable bonds is 7. The van der Waals surface area contributed by atoms with Crippen LogP contribution in [0.5, 0.6) is 5.75 Å².